The molecule has 0 bridgehead atoms. The number of nitrogens with one attached hydrogen (secondary N) is 1. The van der Waals surface area contributed by atoms with Crippen molar-refractivity contribution < 1.29 is 4.79 Å². The molecule has 1 atom stereocenters. The molecule has 3 nitrogen and oxygen atoms in total. The molecule has 1 amide bonds. The summed E-state index contributed by atoms with van der Waals surface area (Å²) in [7, 11) is 0. The van der Waals surface area contributed by atoms with Crippen molar-refractivity contribution in [2.24, 2.45) is 11.1 Å². The summed E-state index contributed by atoms with van der Waals surface area (Å²) in [6.45, 7) is 8.21. The number of hydrogen-bond acceptors (Lipinski definition) is 2. The van der Waals surface area contributed by atoms with Gasteiger partial charge in [-0.1, -0.05) is 36.8 Å². The average Bonchev–Trinajstić information content (AvgIpc) is 2.36. The average molecular weight is 248 g/mol. The number of nitrogens with two attached hydrogens (primary N) is 1. The van der Waals surface area contributed by atoms with E-state index in [0.717, 1.165) is 12.0 Å². The standard InChI is InChI=1S/C15H24N2O/c1-5-13(12-8-6-11(2)7-9-12)17-14(18)15(3,4)10-16/h6-9,13H,5,10,16H2,1-4H3,(H,17,18). The molecule has 0 heterocycles. The van der Waals surface area contributed by atoms with Crippen LogP contribution in [0.25, 0.3) is 0 Å². The Bertz CT molecular complexity index is 395. The number of amides is 1. The Morgan fingerprint density at radius 1 is 1.33 bits per heavy atom. The van der Waals surface area contributed by atoms with Crippen LogP contribution in [-0.4, -0.2) is 12.5 Å². The third kappa shape index (κ3) is 3.57. The molecule has 3 N–H and O–H groups in total. The molecule has 0 aliphatic heterocycles. The Balaban J connectivity index is 2.80. The van der Waals surface area contributed by atoms with Gasteiger partial charge in [-0.2, -0.15) is 0 Å². The van der Waals surface area contributed by atoms with Crippen molar-refractivity contribution >= 4 is 5.91 Å². The van der Waals surface area contributed by atoms with E-state index in [1.54, 1.807) is 0 Å². The minimum atomic E-state index is -0.516. The predicted octanol–water partition coefficient (Wildman–Crippen LogP) is 2.55. The van der Waals surface area contributed by atoms with Gasteiger partial charge in [-0.15, -0.1) is 0 Å². The van der Waals surface area contributed by atoms with Crippen molar-refractivity contribution in [1.82, 2.24) is 5.32 Å². The lowest BCUT2D eigenvalue weighted by atomic mass is 9.91. The summed E-state index contributed by atoms with van der Waals surface area (Å²) >= 11 is 0. The Hall–Kier alpha value is -1.35. The Labute approximate surface area is 110 Å². The molecular formula is C15H24N2O. The summed E-state index contributed by atoms with van der Waals surface area (Å²) in [6.07, 6.45) is 0.870. The highest BCUT2D eigenvalue weighted by molar-refractivity contribution is 5.82. The maximum Gasteiger partial charge on any atom is 0.227 e. The molecule has 1 rings (SSSR count). The van der Waals surface area contributed by atoms with Gasteiger partial charge in [0.05, 0.1) is 11.5 Å². The Kier molecular flexibility index (Phi) is 4.91. The van der Waals surface area contributed by atoms with Crippen LogP contribution in [0.1, 0.15) is 44.4 Å². The van der Waals surface area contributed by atoms with Gasteiger partial charge in [-0.05, 0) is 32.8 Å². The fourth-order valence-corrected chi connectivity index (χ4v) is 1.67. The van der Waals surface area contributed by atoms with Gasteiger partial charge in [0.2, 0.25) is 5.91 Å². The second-order valence-electron chi connectivity index (χ2n) is 5.43. The third-order valence-electron chi connectivity index (χ3n) is 3.32. The van der Waals surface area contributed by atoms with Crippen LogP contribution in [0.4, 0.5) is 0 Å². The summed E-state index contributed by atoms with van der Waals surface area (Å²) in [5, 5.41) is 3.07. The van der Waals surface area contributed by atoms with Crippen LogP contribution < -0.4 is 11.1 Å². The monoisotopic (exact) mass is 248 g/mol. The van der Waals surface area contributed by atoms with E-state index in [1.807, 2.05) is 13.8 Å². The van der Waals surface area contributed by atoms with Crippen molar-refractivity contribution in [2.75, 3.05) is 6.54 Å². The zero-order valence-corrected chi connectivity index (χ0v) is 11.8. The lowest BCUT2D eigenvalue weighted by Gasteiger charge is -2.26. The third-order valence-corrected chi connectivity index (χ3v) is 3.32. The second kappa shape index (κ2) is 6.01. The van der Waals surface area contributed by atoms with Crippen LogP contribution in [0.2, 0.25) is 0 Å². The topological polar surface area (TPSA) is 55.1 Å². The molecule has 0 spiro atoms. The molecule has 3 heteroatoms. The van der Waals surface area contributed by atoms with Crippen molar-refractivity contribution in [3.05, 3.63) is 35.4 Å². The minimum Gasteiger partial charge on any atom is -0.349 e. The molecule has 100 valence electrons. The van der Waals surface area contributed by atoms with E-state index in [4.69, 9.17) is 5.73 Å². The van der Waals surface area contributed by atoms with Gasteiger partial charge in [-0.3, -0.25) is 4.79 Å². The summed E-state index contributed by atoms with van der Waals surface area (Å²) in [4.78, 5) is 12.1. The van der Waals surface area contributed by atoms with Crippen LogP contribution in [0.5, 0.6) is 0 Å². The molecular weight excluding hydrogens is 224 g/mol. The van der Waals surface area contributed by atoms with Crippen molar-refractivity contribution in [2.45, 2.75) is 40.2 Å². The first-order valence-electron chi connectivity index (χ1n) is 6.48. The smallest absolute Gasteiger partial charge is 0.227 e. The van der Waals surface area contributed by atoms with Gasteiger partial charge in [-0.25, -0.2) is 0 Å². The fourth-order valence-electron chi connectivity index (χ4n) is 1.67. The molecule has 0 aliphatic carbocycles. The number of rotatable bonds is 5. The number of benzene rings is 1. The number of carbonyl (C=O) groups excluding carboxylic acids is 1. The number of carbonyl (C=O) groups is 1. The van der Waals surface area contributed by atoms with Gasteiger partial charge >= 0.3 is 0 Å². The molecule has 0 saturated carbocycles. The van der Waals surface area contributed by atoms with Crippen LogP contribution in [-0.2, 0) is 4.79 Å². The van der Waals surface area contributed by atoms with E-state index < -0.39 is 5.41 Å². The van der Waals surface area contributed by atoms with Crippen LogP contribution in [0.3, 0.4) is 0 Å². The van der Waals surface area contributed by atoms with Crippen molar-refractivity contribution in [1.29, 1.82) is 0 Å². The lowest BCUT2D eigenvalue weighted by molar-refractivity contribution is -0.129. The second-order valence-corrected chi connectivity index (χ2v) is 5.43. The quantitative estimate of drug-likeness (QED) is 0.841. The summed E-state index contributed by atoms with van der Waals surface area (Å²) in [6, 6.07) is 8.33. The minimum absolute atomic E-state index is 0.0115. The Morgan fingerprint density at radius 2 is 1.89 bits per heavy atom. The molecule has 18 heavy (non-hydrogen) atoms. The van der Waals surface area contributed by atoms with Gasteiger partial charge in [0.15, 0.2) is 0 Å². The van der Waals surface area contributed by atoms with Gasteiger partial charge in [0.25, 0.3) is 0 Å². The van der Waals surface area contributed by atoms with Crippen molar-refractivity contribution in [3.63, 3.8) is 0 Å². The van der Waals surface area contributed by atoms with E-state index >= 15 is 0 Å². The summed E-state index contributed by atoms with van der Waals surface area (Å²) in [5.74, 6) is 0.0115. The number of hydrogen-bond donors (Lipinski definition) is 2. The first kappa shape index (κ1) is 14.7. The molecule has 0 saturated heterocycles. The zero-order chi connectivity index (χ0) is 13.8. The highest BCUT2D eigenvalue weighted by atomic mass is 16.2. The summed E-state index contributed by atoms with van der Waals surface area (Å²) < 4.78 is 0. The molecule has 0 fully saturated rings. The normalized spacial score (nSPS) is 13.2. The van der Waals surface area contributed by atoms with Crippen LogP contribution in [0, 0.1) is 12.3 Å². The Morgan fingerprint density at radius 3 is 2.33 bits per heavy atom. The van der Waals surface area contributed by atoms with Gasteiger partial charge in [0, 0.05) is 6.54 Å². The van der Waals surface area contributed by atoms with Crippen LogP contribution in [0.15, 0.2) is 24.3 Å². The predicted molar refractivity (Wildman–Crippen MR) is 75.2 cm³/mol. The molecule has 1 aromatic carbocycles. The molecule has 0 aliphatic rings. The summed E-state index contributed by atoms with van der Waals surface area (Å²) in [5.41, 5.74) is 7.47. The van der Waals surface area contributed by atoms with E-state index in [0.29, 0.717) is 6.54 Å². The first-order valence-corrected chi connectivity index (χ1v) is 6.48. The maximum absolute atomic E-state index is 12.1. The molecule has 0 radical (unpaired) electrons. The largest absolute Gasteiger partial charge is 0.349 e. The highest BCUT2D eigenvalue weighted by Crippen LogP contribution is 2.20. The van der Waals surface area contributed by atoms with E-state index in [9.17, 15) is 4.79 Å². The number of aryl methyl sites for hydroxylation is 1. The van der Waals surface area contributed by atoms with Crippen LogP contribution >= 0.6 is 0 Å². The molecule has 0 aromatic heterocycles. The first-order chi connectivity index (χ1) is 8.40. The maximum atomic E-state index is 12.1. The van der Waals surface area contributed by atoms with Gasteiger partial charge < -0.3 is 11.1 Å². The fraction of sp³-hybridized carbons (Fsp3) is 0.533. The molecule has 1 unspecified atom stereocenters. The van der Waals surface area contributed by atoms with E-state index in [1.165, 1.54) is 5.56 Å². The van der Waals surface area contributed by atoms with E-state index in [-0.39, 0.29) is 11.9 Å². The van der Waals surface area contributed by atoms with Gasteiger partial charge in [0.1, 0.15) is 0 Å². The highest BCUT2D eigenvalue weighted by Gasteiger charge is 2.27. The SMILES string of the molecule is CCC(NC(=O)C(C)(C)CN)c1ccc(C)cc1. The molecule has 1 aromatic rings. The van der Waals surface area contributed by atoms with Crippen molar-refractivity contribution in [3.8, 4) is 0 Å². The zero-order valence-electron chi connectivity index (χ0n) is 11.8. The van der Waals surface area contributed by atoms with E-state index in [2.05, 4.69) is 43.4 Å². The lowest BCUT2D eigenvalue weighted by Crippen LogP contribution is -2.43.